The maximum absolute atomic E-state index is 13.3. The van der Waals surface area contributed by atoms with Crippen molar-refractivity contribution in [2.75, 3.05) is 0 Å². The molecular formula is C33H32N4O4. The lowest BCUT2D eigenvalue weighted by Gasteiger charge is -2.20. The predicted molar refractivity (Wildman–Crippen MR) is 155 cm³/mol. The van der Waals surface area contributed by atoms with Crippen LogP contribution in [-0.4, -0.2) is 45.4 Å². The van der Waals surface area contributed by atoms with Gasteiger partial charge >= 0.3 is 0 Å². The summed E-state index contributed by atoms with van der Waals surface area (Å²) in [4.78, 5) is 60.1. The van der Waals surface area contributed by atoms with E-state index in [1.165, 1.54) is 24.8 Å². The highest BCUT2D eigenvalue weighted by Gasteiger charge is 2.25. The van der Waals surface area contributed by atoms with Crippen molar-refractivity contribution in [1.82, 2.24) is 20.6 Å². The fourth-order valence-corrected chi connectivity index (χ4v) is 4.47. The van der Waals surface area contributed by atoms with E-state index in [-0.39, 0.29) is 36.2 Å². The average Bonchev–Trinajstić information content (AvgIpc) is 3.02. The van der Waals surface area contributed by atoms with Gasteiger partial charge in [-0.2, -0.15) is 0 Å². The van der Waals surface area contributed by atoms with Gasteiger partial charge in [0.15, 0.2) is 11.6 Å². The topological polar surface area (TPSA) is 118 Å². The van der Waals surface area contributed by atoms with Crippen LogP contribution in [0.4, 0.5) is 0 Å². The maximum Gasteiger partial charge on any atom is 0.251 e. The maximum atomic E-state index is 13.3. The molecule has 0 saturated heterocycles. The fraction of sp³-hybridized carbons (Fsp3) is 0.212. The average molecular weight is 549 g/mol. The zero-order chi connectivity index (χ0) is 28.9. The molecule has 4 aromatic rings. The quantitative estimate of drug-likeness (QED) is 0.244. The number of hydrogen-bond acceptors (Lipinski definition) is 6. The second kappa shape index (κ2) is 15.0. The largest absolute Gasteiger partial charge is 0.342 e. The molecule has 0 aliphatic heterocycles. The highest BCUT2D eigenvalue weighted by molar-refractivity contribution is 5.99. The Hall–Kier alpha value is -4.98. The van der Waals surface area contributed by atoms with E-state index in [0.29, 0.717) is 30.4 Å². The predicted octanol–water partition coefficient (Wildman–Crippen LogP) is 4.17. The molecule has 0 radical (unpaired) electrons. The van der Waals surface area contributed by atoms with Crippen molar-refractivity contribution < 1.29 is 19.2 Å². The van der Waals surface area contributed by atoms with E-state index in [1.807, 2.05) is 60.7 Å². The van der Waals surface area contributed by atoms with E-state index in [9.17, 15) is 19.2 Å². The normalized spacial score (nSPS) is 12.1. The second-order valence-corrected chi connectivity index (χ2v) is 9.69. The third kappa shape index (κ3) is 9.03. The summed E-state index contributed by atoms with van der Waals surface area (Å²) in [5.74, 6) is -1.05. The van der Waals surface area contributed by atoms with E-state index in [2.05, 4.69) is 20.6 Å². The van der Waals surface area contributed by atoms with Crippen molar-refractivity contribution in [3.8, 4) is 0 Å². The van der Waals surface area contributed by atoms with Crippen molar-refractivity contribution in [1.29, 1.82) is 0 Å². The number of carbonyl (C=O) groups excluding carboxylic acids is 4. The zero-order valence-corrected chi connectivity index (χ0v) is 22.6. The number of pyridine rings is 2. The van der Waals surface area contributed by atoms with Crippen LogP contribution >= 0.6 is 0 Å². The molecule has 0 fully saturated rings. The number of nitrogens with zero attached hydrogens (tertiary/aromatic N) is 2. The summed E-state index contributed by atoms with van der Waals surface area (Å²) in [5, 5.41) is 5.71. The molecule has 4 rings (SSSR count). The van der Waals surface area contributed by atoms with E-state index in [0.717, 1.165) is 11.1 Å². The Kier molecular flexibility index (Phi) is 10.6. The minimum atomic E-state index is -0.750. The molecule has 0 bridgehead atoms. The standard InChI is InChI=1S/C33H32N4O4/c38-30(28(22-24-8-3-1-4-9-24)36-32(40)26-14-18-34-19-15-26)12-7-13-31(39)29(23-25-10-5-2-6-11-25)37-33(41)27-16-20-35-21-17-27/h1-6,8-11,14-21,28-29H,7,12-13,22-23H2,(H,36,40)(H,37,41)/t28-,29-/m0/s1. The Balaban J connectivity index is 1.40. The number of ketones is 2. The molecule has 0 spiro atoms. The highest BCUT2D eigenvalue weighted by atomic mass is 16.2. The molecular weight excluding hydrogens is 516 g/mol. The van der Waals surface area contributed by atoms with Gasteiger partial charge in [0.1, 0.15) is 0 Å². The fourth-order valence-electron chi connectivity index (χ4n) is 4.47. The molecule has 0 unspecified atom stereocenters. The SMILES string of the molecule is O=C(N[C@@H](Cc1ccccc1)C(=O)CCCC(=O)[C@H](Cc1ccccc1)NC(=O)c1ccncc1)c1ccncc1. The van der Waals surface area contributed by atoms with E-state index in [4.69, 9.17) is 0 Å². The lowest BCUT2D eigenvalue weighted by molar-refractivity contribution is -0.122. The molecule has 2 aromatic heterocycles. The Morgan fingerprint density at radius 2 is 0.902 bits per heavy atom. The summed E-state index contributed by atoms with van der Waals surface area (Å²) in [6.07, 6.45) is 7.27. The Labute approximate surface area is 239 Å². The second-order valence-electron chi connectivity index (χ2n) is 9.69. The van der Waals surface area contributed by atoms with Gasteiger partial charge in [-0.1, -0.05) is 60.7 Å². The molecule has 8 nitrogen and oxygen atoms in total. The molecule has 2 aromatic carbocycles. The van der Waals surface area contributed by atoms with Crippen molar-refractivity contribution in [3.63, 3.8) is 0 Å². The van der Waals surface area contributed by atoms with Crippen LogP contribution in [0.5, 0.6) is 0 Å². The number of carbonyl (C=O) groups is 4. The third-order valence-corrected chi connectivity index (χ3v) is 6.68. The number of rotatable bonds is 14. The van der Waals surface area contributed by atoms with Crippen LogP contribution in [0.1, 0.15) is 51.1 Å². The smallest absolute Gasteiger partial charge is 0.251 e. The molecule has 2 heterocycles. The van der Waals surface area contributed by atoms with Crippen molar-refractivity contribution in [3.05, 3.63) is 132 Å². The zero-order valence-electron chi connectivity index (χ0n) is 22.6. The summed E-state index contributed by atoms with van der Waals surface area (Å²) in [5.41, 5.74) is 2.65. The van der Waals surface area contributed by atoms with Gasteiger partial charge in [-0.3, -0.25) is 29.1 Å². The number of amides is 2. The Bertz CT molecular complexity index is 1320. The number of Topliss-reactive ketones (excluding diaryl/α,β-unsaturated/α-hetero) is 2. The van der Waals surface area contributed by atoms with Crippen LogP contribution in [-0.2, 0) is 22.4 Å². The van der Waals surface area contributed by atoms with Gasteiger partial charge in [0.05, 0.1) is 12.1 Å². The first-order valence-corrected chi connectivity index (χ1v) is 13.5. The molecule has 2 atom stereocenters. The lowest BCUT2D eigenvalue weighted by Crippen LogP contribution is -2.43. The molecule has 0 aliphatic rings. The summed E-state index contributed by atoms with van der Waals surface area (Å²) in [6, 6.07) is 23.8. The van der Waals surface area contributed by atoms with E-state index in [1.54, 1.807) is 24.3 Å². The molecule has 2 N–H and O–H groups in total. The van der Waals surface area contributed by atoms with Crippen LogP contribution in [0.3, 0.4) is 0 Å². The van der Waals surface area contributed by atoms with Crippen LogP contribution in [0.25, 0.3) is 0 Å². The van der Waals surface area contributed by atoms with Crippen molar-refractivity contribution in [2.45, 2.75) is 44.2 Å². The highest BCUT2D eigenvalue weighted by Crippen LogP contribution is 2.12. The van der Waals surface area contributed by atoms with Gasteiger partial charge in [0.25, 0.3) is 11.8 Å². The third-order valence-electron chi connectivity index (χ3n) is 6.68. The van der Waals surface area contributed by atoms with Gasteiger partial charge in [-0.25, -0.2) is 0 Å². The van der Waals surface area contributed by atoms with Gasteiger partial charge in [-0.05, 0) is 54.7 Å². The number of nitrogens with one attached hydrogen (secondary N) is 2. The summed E-state index contributed by atoms with van der Waals surface area (Å²) in [7, 11) is 0. The summed E-state index contributed by atoms with van der Waals surface area (Å²) in [6.45, 7) is 0. The van der Waals surface area contributed by atoms with Gasteiger partial charge in [-0.15, -0.1) is 0 Å². The van der Waals surface area contributed by atoms with Crippen LogP contribution in [0.15, 0.2) is 110 Å². The number of hydrogen-bond donors (Lipinski definition) is 2. The van der Waals surface area contributed by atoms with Crippen molar-refractivity contribution >= 4 is 23.4 Å². The number of aromatic nitrogens is 2. The molecule has 0 aliphatic carbocycles. The molecule has 0 saturated carbocycles. The lowest BCUT2D eigenvalue weighted by atomic mass is 9.95. The van der Waals surface area contributed by atoms with E-state index < -0.39 is 12.1 Å². The van der Waals surface area contributed by atoms with Gasteiger partial charge in [0, 0.05) is 48.8 Å². The Morgan fingerprint density at radius 1 is 0.537 bits per heavy atom. The van der Waals surface area contributed by atoms with Crippen molar-refractivity contribution in [2.24, 2.45) is 0 Å². The summed E-state index contributed by atoms with van der Waals surface area (Å²) >= 11 is 0. The minimum absolute atomic E-state index is 0.107. The molecule has 8 heteroatoms. The van der Waals surface area contributed by atoms with Crippen LogP contribution in [0, 0.1) is 0 Å². The monoisotopic (exact) mass is 548 g/mol. The number of benzene rings is 2. The van der Waals surface area contributed by atoms with Crippen LogP contribution < -0.4 is 10.6 Å². The van der Waals surface area contributed by atoms with Crippen LogP contribution in [0.2, 0.25) is 0 Å². The van der Waals surface area contributed by atoms with Gasteiger partial charge in [0.2, 0.25) is 0 Å². The summed E-state index contributed by atoms with van der Waals surface area (Å²) < 4.78 is 0. The molecule has 2 amide bonds. The Morgan fingerprint density at radius 3 is 1.27 bits per heavy atom. The van der Waals surface area contributed by atoms with Gasteiger partial charge < -0.3 is 10.6 Å². The molecule has 208 valence electrons. The first-order valence-electron chi connectivity index (χ1n) is 13.5. The first kappa shape index (κ1) is 29.0. The molecule has 41 heavy (non-hydrogen) atoms. The first-order chi connectivity index (χ1) is 20.0. The minimum Gasteiger partial charge on any atom is -0.342 e. The van der Waals surface area contributed by atoms with E-state index >= 15 is 0 Å².